The van der Waals surface area contributed by atoms with Gasteiger partial charge in [0.05, 0.1) is 6.07 Å². The van der Waals surface area contributed by atoms with E-state index in [2.05, 4.69) is 30.0 Å². The van der Waals surface area contributed by atoms with Gasteiger partial charge in [-0.15, -0.1) is 0 Å². The molecule has 21 heavy (non-hydrogen) atoms. The van der Waals surface area contributed by atoms with E-state index in [-0.39, 0.29) is 0 Å². The third kappa shape index (κ3) is 4.28. The summed E-state index contributed by atoms with van der Waals surface area (Å²) in [6.45, 7) is 4.30. The highest BCUT2D eigenvalue weighted by molar-refractivity contribution is 5.30. The Balaban J connectivity index is 1.87. The lowest BCUT2D eigenvalue weighted by Crippen LogP contribution is -2.39. The molecule has 4 nitrogen and oxygen atoms in total. The molecule has 1 aliphatic heterocycles. The van der Waals surface area contributed by atoms with Crippen molar-refractivity contribution in [2.24, 2.45) is 11.7 Å². The smallest absolute Gasteiger partial charge is 0.131 e. The molecule has 1 aromatic carbocycles. The van der Waals surface area contributed by atoms with Gasteiger partial charge in [0.25, 0.3) is 0 Å². The van der Waals surface area contributed by atoms with Crippen molar-refractivity contribution in [3.8, 4) is 6.07 Å². The number of benzene rings is 1. The first-order valence-electron chi connectivity index (χ1n) is 7.66. The Morgan fingerprint density at radius 3 is 2.71 bits per heavy atom. The first-order chi connectivity index (χ1) is 10.0. The van der Waals surface area contributed by atoms with Crippen molar-refractivity contribution in [3.05, 3.63) is 35.9 Å². The summed E-state index contributed by atoms with van der Waals surface area (Å²) in [6, 6.07) is 12.0. The zero-order chi connectivity index (χ0) is 15.3. The van der Waals surface area contributed by atoms with Gasteiger partial charge in [0, 0.05) is 19.6 Å². The quantitative estimate of drug-likeness (QED) is 0.864. The topological polar surface area (TPSA) is 56.3 Å². The van der Waals surface area contributed by atoms with Gasteiger partial charge >= 0.3 is 0 Å². The maximum absolute atomic E-state index is 9.47. The van der Waals surface area contributed by atoms with Gasteiger partial charge in [-0.2, -0.15) is 5.26 Å². The van der Waals surface area contributed by atoms with Crippen molar-refractivity contribution < 1.29 is 0 Å². The van der Waals surface area contributed by atoms with Gasteiger partial charge in [0.2, 0.25) is 0 Å². The maximum Gasteiger partial charge on any atom is 0.131 e. The SMILES string of the molecule is CN1CCC(CN(C)CCC(N)(C#N)c2ccccc2)C1. The summed E-state index contributed by atoms with van der Waals surface area (Å²) in [4.78, 5) is 4.69. The minimum atomic E-state index is -0.887. The van der Waals surface area contributed by atoms with Crippen LogP contribution in [0.5, 0.6) is 0 Å². The number of rotatable bonds is 6. The molecule has 0 aliphatic carbocycles. The van der Waals surface area contributed by atoms with Crippen molar-refractivity contribution in [1.29, 1.82) is 5.26 Å². The van der Waals surface area contributed by atoms with Crippen LogP contribution < -0.4 is 5.73 Å². The molecule has 0 spiro atoms. The molecule has 2 atom stereocenters. The third-order valence-electron chi connectivity index (χ3n) is 4.44. The molecule has 2 N–H and O–H groups in total. The largest absolute Gasteiger partial charge is 0.310 e. The molecular formula is C17H26N4. The van der Waals surface area contributed by atoms with E-state index in [0.29, 0.717) is 6.42 Å². The molecule has 4 heteroatoms. The molecule has 1 fully saturated rings. The highest BCUT2D eigenvalue weighted by Gasteiger charge is 2.28. The number of hydrogen-bond donors (Lipinski definition) is 1. The summed E-state index contributed by atoms with van der Waals surface area (Å²) in [5.74, 6) is 0.742. The van der Waals surface area contributed by atoms with Crippen LogP contribution in [0.2, 0.25) is 0 Å². The number of nitrogens with two attached hydrogens (primary N) is 1. The Bertz CT molecular complexity index is 481. The summed E-state index contributed by atoms with van der Waals surface area (Å²) < 4.78 is 0. The van der Waals surface area contributed by atoms with Crippen LogP contribution in [0.3, 0.4) is 0 Å². The molecule has 0 radical (unpaired) electrons. The number of nitriles is 1. The Hall–Kier alpha value is -1.41. The Morgan fingerprint density at radius 1 is 1.43 bits per heavy atom. The fourth-order valence-electron chi connectivity index (χ4n) is 3.07. The summed E-state index contributed by atoms with van der Waals surface area (Å²) in [5.41, 5.74) is 6.32. The van der Waals surface area contributed by atoms with Crippen LogP contribution in [-0.4, -0.2) is 50.1 Å². The molecule has 0 saturated carbocycles. The lowest BCUT2D eigenvalue weighted by atomic mass is 9.89. The van der Waals surface area contributed by atoms with Gasteiger partial charge in [0.15, 0.2) is 0 Å². The molecule has 2 unspecified atom stereocenters. The van der Waals surface area contributed by atoms with E-state index >= 15 is 0 Å². The molecule has 0 aromatic heterocycles. The zero-order valence-electron chi connectivity index (χ0n) is 13.1. The molecule has 0 bridgehead atoms. The van der Waals surface area contributed by atoms with Crippen LogP contribution in [0.1, 0.15) is 18.4 Å². The van der Waals surface area contributed by atoms with Crippen molar-refractivity contribution >= 4 is 0 Å². The second-order valence-electron chi connectivity index (χ2n) is 6.38. The standard InChI is InChI=1S/C17H26N4/c1-20-10-8-15(12-20)13-21(2)11-9-17(19,14-18)16-6-4-3-5-7-16/h3-7,15H,8-13,19H2,1-2H3. The molecule has 0 amide bonds. The highest BCUT2D eigenvalue weighted by Crippen LogP contribution is 2.22. The van der Waals surface area contributed by atoms with Crippen molar-refractivity contribution in [2.75, 3.05) is 40.3 Å². The Morgan fingerprint density at radius 2 is 2.14 bits per heavy atom. The van der Waals surface area contributed by atoms with E-state index in [1.165, 1.54) is 19.5 Å². The van der Waals surface area contributed by atoms with Crippen LogP contribution >= 0.6 is 0 Å². The second-order valence-corrected chi connectivity index (χ2v) is 6.38. The molecular weight excluding hydrogens is 260 g/mol. The predicted octanol–water partition coefficient (Wildman–Crippen LogP) is 1.64. The second kappa shape index (κ2) is 7.04. The lowest BCUT2D eigenvalue weighted by Gasteiger charge is -2.27. The molecule has 1 aliphatic rings. The van der Waals surface area contributed by atoms with Crippen LogP contribution in [0.25, 0.3) is 0 Å². The fraction of sp³-hybridized carbons (Fsp3) is 0.588. The van der Waals surface area contributed by atoms with Crippen LogP contribution in [0.4, 0.5) is 0 Å². The number of nitrogens with zero attached hydrogens (tertiary/aromatic N) is 3. The van der Waals surface area contributed by atoms with Crippen molar-refractivity contribution in [1.82, 2.24) is 9.80 Å². The summed E-state index contributed by atoms with van der Waals surface area (Å²) in [7, 11) is 4.30. The maximum atomic E-state index is 9.47. The molecule has 1 heterocycles. The van der Waals surface area contributed by atoms with E-state index in [4.69, 9.17) is 5.73 Å². The van der Waals surface area contributed by atoms with Crippen LogP contribution in [0, 0.1) is 17.2 Å². The molecule has 114 valence electrons. The predicted molar refractivity (Wildman–Crippen MR) is 85.6 cm³/mol. The van der Waals surface area contributed by atoms with E-state index in [9.17, 15) is 5.26 Å². The minimum absolute atomic E-state index is 0.659. The first-order valence-corrected chi connectivity index (χ1v) is 7.66. The third-order valence-corrected chi connectivity index (χ3v) is 4.44. The Labute approximate surface area is 128 Å². The monoisotopic (exact) mass is 286 g/mol. The van der Waals surface area contributed by atoms with Crippen molar-refractivity contribution in [3.63, 3.8) is 0 Å². The van der Waals surface area contributed by atoms with E-state index in [0.717, 1.165) is 24.6 Å². The lowest BCUT2D eigenvalue weighted by molar-refractivity contribution is 0.256. The van der Waals surface area contributed by atoms with Crippen molar-refractivity contribution in [2.45, 2.75) is 18.4 Å². The summed E-state index contributed by atoms with van der Waals surface area (Å²) in [5, 5.41) is 9.47. The van der Waals surface area contributed by atoms with E-state index in [1.54, 1.807) is 0 Å². The normalized spacial score (nSPS) is 22.1. The first kappa shape index (κ1) is 16.0. The average molecular weight is 286 g/mol. The fourth-order valence-corrected chi connectivity index (χ4v) is 3.07. The van der Waals surface area contributed by atoms with Gasteiger partial charge in [-0.25, -0.2) is 0 Å². The summed E-state index contributed by atoms with van der Waals surface area (Å²) >= 11 is 0. The van der Waals surface area contributed by atoms with Crippen LogP contribution in [-0.2, 0) is 5.54 Å². The molecule has 2 rings (SSSR count). The molecule has 1 aromatic rings. The molecule has 1 saturated heterocycles. The van der Waals surface area contributed by atoms with Gasteiger partial charge in [-0.1, -0.05) is 30.3 Å². The summed E-state index contributed by atoms with van der Waals surface area (Å²) in [6.07, 6.45) is 1.93. The Kier molecular flexibility index (Phi) is 5.35. The number of likely N-dealkylation sites (tertiary alicyclic amines) is 1. The van der Waals surface area contributed by atoms with Gasteiger partial charge in [-0.05, 0) is 45.0 Å². The van der Waals surface area contributed by atoms with Gasteiger partial charge < -0.3 is 15.5 Å². The highest BCUT2D eigenvalue weighted by atomic mass is 15.1. The van der Waals surface area contributed by atoms with Gasteiger partial charge in [0.1, 0.15) is 5.54 Å². The zero-order valence-corrected chi connectivity index (χ0v) is 13.1. The van der Waals surface area contributed by atoms with Crippen LogP contribution in [0.15, 0.2) is 30.3 Å². The van der Waals surface area contributed by atoms with E-state index < -0.39 is 5.54 Å². The minimum Gasteiger partial charge on any atom is -0.310 e. The number of hydrogen-bond acceptors (Lipinski definition) is 4. The van der Waals surface area contributed by atoms with Gasteiger partial charge in [-0.3, -0.25) is 0 Å². The van der Waals surface area contributed by atoms with E-state index in [1.807, 2.05) is 30.3 Å². The average Bonchev–Trinajstić information content (AvgIpc) is 2.91.